The summed E-state index contributed by atoms with van der Waals surface area (Å²) in [5, 5.41) is 0. The maximum atomic E-state index is 12.4. The third-order valence-corrected chi connectivity index (χ3v) is 3.10. The van der Waals surface area contributed by atoms with Crippen LogP contribution in [0.2, 0.25) is 0 Å². The van der Waals surface area contributed by atoms with E-state index in [0.29, 0.717) is 12.8 Å². The highest BCUT2D eigenvalue weighted by molar-refractivity contribution is 5.89. The van der Waals surface area contributed by atoms with Crippen LogP contribution in [0.25, 0.3) is 0 Å². The summed E-state index contributed by atoms with van der Waals surface area (Å²) in [5.41, 5.74) is 2.05. The summed E-state index contributed by atoms with van der Waals surface area (Å²) >= 11 is 0. The van der Waals surface area contributed by atoms with Crippen molar-refractivity contribution in [3.05, 3.63) is 71.8 Å². The van der Waals surface area contributed by atoms with E-state index < -0.39 is 0 Å². The first-order chi connectivity index (χ1) is 9.33. The molecule has 0 heterocycles. The van der Waals surface area contributed by atoms with Gasteiger partial charge in [0.15, 0.2) is 0 Å². The monoisotopic (exact) mass is 248 g/mol. The number of hydrogen-bond acceptors (Lipinski definition) is 1. The second-order valence-corrected chi connectivity index (χ2v) is 4.42. The Morgan fingerprint density at radius 2 is 1.42 bits per heavy atom. The normalized spacial score (nSPS) is 10.1. The second kappa shape index (κ2) is 6.56. The minimum Gasteiger partial charge on any atom is -0.299 e. The molecule has 19 heavy (non-hydrogen) atoms. The van der Waals surface area contributed by atoms with Gasteiger partial charge in [0.05, 0.1) is 5.92 Å². The zero-order valence-corrected chi connectivity index (χ0v) is 10.8. The first kappa shape index (κ1) is 13.1. The molecule has 0 spiro atoms. The topological polar surface area (TPSA) is 17.1 Å². The number of terminal acetylenes is 1. The van der Waals surface area contributed by atoms with Crippen LogP contribution in [0.3, 0.4) is 0 Å². The van der Waals surface area contributed by atoms with E-state index in [1.807, 2.05) is 60.7 Å². The molecule has 0 N–H and O–H groups in total. The Morgan fingerprint density at radius 1 is 0.947 bits per heavy atom. The first-order valence-electron chi connectivity index (χ1n) is 6.39. The maximum Gasteiger partial charge on any atom is 0.145 e. The molecule has 0 aliphatic heterocycles. The van der Waals surface area contributed by atoms with Crippen LogP contribution >= 0.6 is 0 Å². The van der Waals surface area contributed by atoms with Gasteiger partial charge in [-0.15, -0.1) is 12.3 Å². The van der Waals surface area contributed by atoms with E-state index in [0.717, 1.165) is 11.1 Å². The lowest BCUT2D eigenvalue weighted by molar-refractivity contribution is -0.119. The number of benzene rings is 2. The third-order valence-electron chi connectivity index (χ3n) is 3.10. The molecule has 0 bridgehead atoms. The zero-order valence-electron chi connectivity index (χ0n) is 10.8. The molecule has 2 aromatic rings. The molecule has 2 aromatic carbocycles. The zero-order chi connectivity index (χ0) is 13.5. The third kappa shape index (κ3) is 3.33. The Hall–Kier alpha value is -2.33. The van der Waals surface area contributed by atoms with Crippen molar-refractivity contribution in [1.29, 1.82) is 0 Å². The predicted molar refractivity (Wildman–Crippen MR) is 77.8 cm³/mol. The molecule has 0 atom stereocenters. The standard InChI is InChI=1S/C18H16O/c1-2-3-14-17(19)18(15-10-6-4-7-11-15)16-12-8-5-9-13-16/h1,4-13,18H,3,14H2. The SMILES string of the molecule is C#CCCC(=O)C(c1ccccc1)c1ccccc1. The molecular formula is C18H16O. The molecule has 0 fully saturated rings. The summed E-state index contributed by atoms with van der Waals surface area (Å²) in [7, 11) is 0. The Labute approximate surface area is 114 Å². The first-order valence-corrected chi connectivity index (χ1v) is 6.39. The highest BCUT2D eigenvalue weighted by Gasteiger charge is 2.21. The van der Waals surface area contributed by atoms with Gasteiger partial charge in [0.25, 0.3) is 0 Å². The minimum absolute atomic E-state index is 0.176. The molecule has 94 valence electrons. The largest absolute Gasteiger partial charge is 0.299 e. The van der Waals surface area contributed by atoms with Crippen molar-refractivity contribution >= 4 is 5.78 Å². The van der Waals surface area contributed by atoms with Crippen molar-refractivity contribution in [2.75, 3.05) is 0 Å². The van der Waals surface area contributed by atoms with E-state index in [4.69, 9.17) is 6.42 Å². The Balaban J connectivity index is 2.35. The van der Waals surface area contributed by atoms with Crippen LogP contribution in [0.4, 0.5) is 0 Å². The van der Waals surface area contributed by atoms with E-state index in [1.165, 1.54) is 0 Å². The van der Waals surface area contributed by atoms with Crippen LogP contribution in [-0.4, -0.2) is 5.78 Å². The van der Waals surface area contributed by atoms with Gasteiger partial charge in [-0.1, -0.05) is 60.7 Å². The Kier molecular flexibility index (Phi) is 4.53. The number of carbonyl (C=O) groups excluding carboxylic acids is 1. The minimum atomic E-state index is -0.212. The van der Waals surface area contributed by atoms with E-state index >= 15 is 0 Å². The molecule has 0 radical (unpaired) electrons. The van der Waals surface area contributed by atoms with Crippen molar-refractivity contribution in [3.63, 3.8) is 0 Å². The molecular weight excluding hydrogens is 232 g/mol. The highest BCUT2D eigenvalue weighted by Crippen LogP contribution is 2.26. The second-order valence-electron chi connectivity index (χ2n) is 4.42. The average Bonchev–Trinajstić information content (AvgIpc) is 2.47. The van der Waals surface area contributed by atoms with Gasteiger partial charge < -0.3 is 0 Å². The van der Waals surface area contributed by atoms with Crippen LogP contribution in [0.5, 0.6) is 0 Å². The molecule has 0 aliphatic rings. The van der Waals surface area contributed by atoms with E-state index in [9.17, 15) is 4.79 Å². The predicted octanol–water partition coefficient (Wildman–Crippen LogP) is 3.80. The van der Waals surface area contributed by atoms with Crippen molar-refractivity contribution < 1.29 is 4.79 Å². The van der Waals surface area contributed by atoms with Crippen LogP contribution in [0, 0.1) is 12.3 Å². The van der Waals surface area contributed by atoms with Gasteiger partial charge in [-0.25, -0.2) is 0 Å². The Bertz CT molecular complexity index is 524. The summed E-state index contributed by atoms with van der Waals surface area (Å²) in [6.45, 7) is 0. The number of ketones is 1. The number of hydrogen-bond donors (Lipinski definition) is 0. The van der Waals surface area contributed by atoms with Crippen molar-refractivity contribution in [2.24, 2.45) is 0 Å². The van der Waals surface area contributed by atoms with Gasteiger partial charge in [-0.2, -0.15) is 0 Å². The maximum absolute atomic E-state index is 12.4. The molecule has 1 nitrogen and oxygen atoms in total. The fourth-order valence-corrected chi connectivity index (χ4v) is 2.19. The fraction of sp³-hybridized carbons (Fsp3) is 0.167. The smallest absolute Gasteiger partial charge is 0.145 e. The molecule has 0 amide bonds. The van der Waals surface area contributed by atoms with Crippen molar-refractivity contribution in [2.45, 2.75) is 18.8 Å². The number of Topliss-reactive ketones (excluding diaryl/α,β-unsaturated/α-hetero) is 1. The number of rotatable bonds is 5. The van der Waals surface area contributed by atoms with E-state index in [2.05, 4.69) is 5.92 Å². The van der Waals surface area contributed by atoms with Gasteiger partial charge in [-0.3, -0.25) is 4.79 Å². The summed E-state index contributed by atoms with van der Waals surface area (Å²) in [5.74, 6) is 2.50. The number of carbonyl (C=O) groups is 1. The van der Waals surface area contributed by atoms with Gasteiger partial charge in [0.2, 0.25) is 0 Å². The van der Waals surface area contributed by atoms with Crippen LogP contribution in [0.1, 0.15) is 29.9 Å². The van der Waals surface area contributed by atoms with Gasteiger partial charge in [-0.05, 0) is 11.1 Å². The summed E-state index contributed by atoms with van der Waals surface area (Å²) in [6, 6.07) is 19.7. The Morgan fingerprint density at radius 3 is 1.84 bits per heavy atom. The van der Waals surface area contributed by atoms with Crippen molar-refractivity contribution in [1.82, 2.24) is 0 Å². The molecule has 0 saturated carbocycles. The quantitative estimate of drug-likeness (QED) is 0.735. The molecule has 1 heteroatoms. The van der Waals surface area contributed by atoms with Gasteiger partial charge >= 0.3 is 0 Å². The van der Waals surface area contributed by atoms with Crippen LogP contribution < -0.4 is 0 Å². The molecule has 0 aliphatic carbocycles. The molecule has 0 saturated heterocycles. The molecule has 2 rings (SSSR count). The van der Waals surface area contributed by atoms with E-state index in [1.54, 1.807) is 0 Å². The highest BCUT2D eigenvalue weighted by atomic mass is 16.1. The van der Waals surface area contributed by atoms with Crippen LogP contribution in [0.15, 0.2) is 60.7 Å². The molecule has 0 aromatic heterocycles. The average molecular weight is 248 g/mol. The lowest BCUT2D eigenvalue weighted by Crippen LogP contribution is -2.13. The van der Waals surface area contributed by atoms with Crippen LogP contribution in [-0.2, 0) is 4.79 Å². The van der Waals surface area contributed by atoms with Crippen molar-refractivity contribution in [3.8, 4) is 12.3 Å². The van der Waals surface area contributed by atoms with Gasteiger partial charge in [0, 0.05) is 12.8 Å². The van der Waals surface area contributed by atoms with Gasteiger partial charge in [0.1, 0.15) is 5.78 Å². The summed E-state index contributed by atoms with van der Waals surface area (Å²) < 4.78 is 0. The lowest BCUT2D eigenvalue weighted by atomic mass is 9.86. The fourth-order valence-electron chi connectivity index (χ4n) is 2.19. The molecule has 0 unspecified atom stereocenters. The lowest BCUT2D eigenvalue weighted by Gasteiger charge is -2.16. The van der Waals surface area contributed by atoms with E-state index in [-0.39, 0.29) is 11.7 Å². The summed E-state index contributed by atoms with van der Waals surface area (Å²) in [6.07, 6.45) is 6.17. The summed E-state index contributed by atoms with van der Waals surface area (Å²) in [4.78, 5) is 12.4.